The number of aryl methyl sites for hydroxylation is 1. The van der Waals surface area contributed by atoms with Crippen LogP contribution in [0.3, 0.4) is 0 Å². The van der Waals surface area contributed by atoms with Crippen molar-refractivity contribution in [1.82, 2.24) is 15.1 Å². The molecule has 0 saturated carbocycles. The summed E-state index contributed by atoms with van der Waals surface area (Å²) in [6.07, 6.45) is 0.599. The fourth-order valence-corrected chi connectivity index (χ4v) is 2.11. The lowest BCUT2D eigenvalue weighted by atomic mass is 10.0. The fourth-order valence-electron chi connectivity index (χ4n) is 2.11. The molecule has 2 unspecified atom stereocenters. The van der Waals surface area contributed by atoms with E-state index >= 15 is 0 Å². The predicted molar refractivity (Wildman–Crippen MR) is 63.9 cm³/mol. The molecule has 2 N–H and O–H groups in total. The maximum atomic E-state index is 11.7. The first kappa shape index (κ1) is 13.0. The number of amides is 1. The standard InChI is InChI=1S/C11H18N4O3/c1-7(16)9-3-4-15(5-9)6-10(17)12-11-14-13-8(2)18-11/h7,9,16H,3-6H2,1-2H3,(H,12,14,17). The molecule has 1 aromatic rings. The first-order valence-corrected chi connectivity index (χ1v) is 6.05. The van der Waals surface area contributed by atoms with Crippen molar-refractivity contribution in [3.8, 4) is 0 Å². The Bertz CT molecular complexity index is 418. The van der Waals surface area contributed by atoms with Gasteiger partial charge in [-0.1, -0.05) is 5.10 Å². The largest absolute Gasteiger partial charge is 0.408 e. The van der Waals surface area contributed by atoms with Crippen molar-refractivity contribution in [3.63, 3.8) is 0 Å². The van der Waals surface area contributed by atoms with Crippen LogP contribution in [0.5, 0.6) is 0 Å². The van der Waals surface area contributed by atoms with Crippen LogP contribution in [-0.2, 0) is 4.79 Å². The molecule has 0 bridgehead atoms. The van der Waals surface area contributed by atoms with Crippen LogP contribution in [0.25, 0.3) is 0 Å². The van der Waals surface area contributed by atoms with Crippen LogP contribution >= 0.6 is 0 Å². The topological polar surface area (TPSA) is 91.5 Å². The second-order valence-corrected chi connectivity index (χ2v) is 4.70. The first-order chi connectivity index (χ1) is 8.54. The summed E-state index contributed by atoms with van der Waals surface area (Å²) in [6, 6.07) is 0.128. The molecule has 0 aromatic carbocycles. The number of nitrogens with one attached hydrogen (secondary N) is 1. The van der Waals surface area contributed by atoms with Gasteiger partial charge >= 0.3 is 6.01 Å². The Hall–Kier alpha value is -1.47. The van der Waals surface area contributed by atoms with E-state index in [1.165, 1.54) is 0 Å². The Balaban J connectivity index is 1.78. The zero-order chi connectivity index (χ0) is 13.1. The average Bonchev–Trinajstić information content (AvgIpc) is 2.88. The molecule has 1 amide bonds. The van der Waals surface area contributed by atoms with Crippen LogP contribution in [0.4, 0.5) is 6.01 Å². The van der Waals surface area contributed by atoms with Crippen molar-refractivity contribution in [3.05, 3.63) is 5.89 Å². The molecule has 2 rings (SSSR count). The van der Waals surface area contributed by atoms with Gasteiger partial charge in [0.25, 0.3) is 0 Å². The number of hydrogen-bond acceptors (Lipinski definition) is 6. The molecule has 100 valence electrons. The summed E-state index contributed by atoms with van der Waals surface area (Å²) in [5, 5.41) is 19.4. The van der Waals surface area contributed by atoms with E-state index in [9.17, 15) is 9.90 Å². The molecule has 1 aliphatic heterocycles. The minimum absolute atomic E-state index is 0.128. The van der Waals surface area contributed by atoms with Gasteiger partial charge in [-0.25, -0.2) is 0 Å². The molecule has 7 nitrogen and oxygen atoms in total. The number of carbonyl (C=O) groups is 1. The smallest absolute Gasteiger partial charge is 0.322 e. The molecule has 0 aliphatic carbocycles. The number of aromatic nitrogens is 2. The van der Waals surface area contributed by atoms with Gasteiger partial charge in [0, 0.05) is 13.5 Å². The van der Waals surface area contributed by atoms with Gasteiger partial charge in [0.15, 0.2) is 0 Å². The molecule has 2 atom stereocenters. The second kappa shape index (κ2) is 5.45. The summed E-state index contributed by atoms with van der Waals surface area (Å²) >= 11 is 0. The average molecular weight is 254 g/mol. The Morgan fingerprint density at radius 1 is 1.67 bits per heavy atom. The van der Waals surface area contributed by atoms with E-state index in [2.05, 4.69) is 15.5 Å². The molecule has 1 aromatic heterocycles. The molecule has 1 fully saturated rings. The normalized spacial score (nSPS) is 22.1. The molecule has 18 heavy (non-hydrogen) atoms. The summed E-state index contributed by atoms with van der Waals surface area (Å²) < 4.78 is 5.07. The van der Waals surface area contributed by atoms with E-state index in [0.29, 0.717) is 5.89 Å². The van der Waals surface area contributed by atoms with Gasteiger partial charge in [-0.05, 0) is 25.8 Å². The van der Waals surface area contributed by atoms with Crippen LogP contribution in [0.1, 0.15) is 19.2 Å². The Kier molecular flexibility index (Phi) is 3.93. The maximum Gasteiger partial charge on any atom is 0.322 e. The van der Waals surface area contributed by atoms with E-state index < -0.39 is 0 Å². The molecule has 1 aliphatic rings. The first-order valence-electron chi connectivity index (χ1n) is 6.05. The van der Waals surface area contributed by atoms with Crippen molar-refractivity contribution in [2.24, 2.45) is 5.92 Å². The second-order valence-electron chi connectivity index (χ2n) is 4.70. The van der Waals surface area contributed by atoms with Crippen LogP contribution in [0.15, 0.2) is 4.42 Å². The number of nitrogens with zero attached hydrogens (tertiary/aromatic N) is 3. The summed E-state index contributed by atoms with van der Waals surface area (Å²) in [5.74, 6) is 0.494. The van der Waals surface area contributed by atoms with Crippen molar-refractivity contribution >= 4 is 11.9 Å². The van der Waals surface area contributed by atoms with Crippen molar-refractivity contribution in [2.45, 2.75) is 26.4 Å². The minimum Gasteiger partial charge on any atom is -0.408 e. The van der Waals surface area contributed by atoms with E-state index in [4.69, 9.17) is 4.42 Å². The van der Waals surface area contributed by atoms with Crippen LogP contribution in [-0.4, -0.2) is 51.8 Å². The highest BCUT2D eigenvalue weighted by molar-refractivity contribution is 5.90. The molecule has 0 spiro atoms. The summed E-state index contributed by atoms with van der Waals surface area (Å²) in [5.41, 5.74) is 0. The third-order valence-electron chi connectivity index (χ3n) is 3.13. The monoisotopic (exact) mass is 254 g/mol. The van der Waals surface area contributed by atoms with Gasteiger partial charge in [0.2, 0.25) is 11.8 Å². The molecule has 2 heterocycles. The Morgan fingerprint density at radius 3 is 3.00 bits per heavy atom. The Labute approximate surface area is 105 Å². The summed E-state index contributed by atoms with van der Waals surface area (Å²) in [6.45, 7) is 5.30. The third-order valence-corrected chi connectivity index (χ3v) is 3.13. The lowest BCUT2D eigenvalue weighted by Crippen LogP contribution is -2.32. The van der Waals surface area contributed by atoms with Gasteiger partial charge in [-0.15, -0.1) is 5.10 Å². The quantitative estimate of drug-likeness (QED) is 0.787. The summed E-state index contributed by atoms with van der Waals surface area (Å²) in [7, 11) is 0. The van der Waals surface area contributed by atoms with E-state index in [0.717, 1.165) is 19.5 Å². The van der Waals surface area contributed by atoms with Gasteiger partial charge in [-0.3, -0.25) is 15.0 Å². The summed E-state index contributed by atoms with van der Waals surface area (Å²) in [4.78, 5) is 13.7. The number of aliphatic hydroxyl groups excluding tert-OH is 1. The molecule has 1 saturated heterocycles. The maximum absolute atomic E-state index is 11.7. The van der Waals surface area contributed by atoms with E-state index in [1.54, 1.807) is 13.8 Å². The molecule has 0 radical (unpaired) electrons. The lowest BCUT2D eigenvalue weighted by molar-refractivity contribution is -0.117. The van der Waals surface area contributed by atoms with Crippen LogP contribution < -0.4 is 5.32 Å². The van der Waals surface area contributed by atoms with Crippen LogP contribution in [0.2, 0.25) is 0 Å². The van der Waals surface area contributed by atoms with Gasteiger partial charge in [-0.2, -0.15) is 0 Å². The minimum atomic E-state index is -0.323. The number of likely N-dealkylation sites (tertiary alicyclic amines) is 1. The van der Waals surface area contributed by atoms with Gasteiger partial charge in [0.05, 0.1) is 12.6 Å². The number of aliphatic hydroxyl groups is 1. The van der Waals surface area contributed by atoms with E-state index in [1.807, 2.05) is 4.90 Å². The van der Waals surface area contributed by atoms with Crippen LogP contribution in [0, 0.1) is 12.8 Å². The van der Waals surface area contributed by atoms with Gasteiger partial charge in [0.1, 0.15) is 0 Å². The number of rotatable bonds is 4. The Morgan fingerprint density at radius 2 is 2.44 bits per heavy atom. The zero-order valence-corrected chi connectivity index (χ0v) is 10.6. The molecular weight excluding hydrogens is 236 g/mol. The molecular formula is C11H18N4O3. The van der Waals surface area contributed by atoms with Gasteiger partial charge < -0.3 is 9.52 Å². The lowest BCUT2D eigenvalue weighted by Gasteiger charge is -2.16. The third kappa shape index (κ3) is 3.27. The SMILES string of the molecule is Cc1nnc(NC(=O)CN2CCC(C(C)O)C2)o1. The number of anilines is 1. The highest BCUT2D eigenvalue weighted by atomic mass is 16.4. The fraction of sp³-hybridized carbons (Fsp3) is 0.727. The highest BCUT2D eigenvalue weighted by Gasteiger charge is 2.27. The van der Waals surface area contributed by atoms with Crippen molar-refractivity contribution in [2.75, 3.05) is 25.0 Å². The predicted octanol–water partition coefficient (Wildman–Crippen LogP) is 0.0192. The number of carbonyl (C=O) groups excluding carboxylic acids is 1. The van der Waals surface area contributed by atoms with Crippen molar-refractivity contribution < 1.29 is 14.3 Å². The highest BCUT2D eigenvalue weighted by Crippen LogP contribution is 2.19. The molecule has 7 heteroatoms. The number of hydrogen-bond donors (Lipinski definition) is 2. The van der Waals surface area contributed by atoms with E-state index in [-0.39, 0.29) is 30.5 Å². The van der Waals surface area contributed by atoms with Crippen molar-refractivity contribution in [1.29, 1.82) is 0 Å². The zero-order valence-electron chi connectivity index (χ0n) is 10.6.